The van der Waals surface area contributed by atoms with Crippen LogP contribution in [0.4, 0.5) is 16.6 Å². The molecule has 2 aromatic rings. The summed E-state index contributed by atoms with van der Waals surface area (Å²) in [5, 5.41) is 7.37. The molecular weight excluding hydrogens is 296 g/mol. The average molecular weight is 310 g/mol. The molecule has 0 aromatic carbocycles. The van der Waals surface area contributed by atoms with E-state index in [1.54, 1.807) is 0 Å². The van der Waals surface area contributed by atoms with Crippen molar-refractivity contribution < 1.29 is 9.53 Å². The van der Waals surface area contributed by atoms with E-state index in [0.717, 1.165) is 23.9 Å². The van der Waals surface area contributed by atoms with Crippen LogP contribution < -0.4 is 16.0 Å². The number of hydrogen-bond acceptors (Lipinski definition) is 7. The first kappa shape index (κ1) is 13.3. The zero-order valence-electron chi connectivity index (χ0n) is 10.7. The minimum Gasteiger partial charge on any atom is -0.382 e. The van der Waals surface area contributed by atoms with Gasteiger partial charge in [-0.2, -0.15) is 11.3 Å². The van der Waals surface area contributed by atoms with E-state index >= 15 is 0 Å². The lowest BCUT2D eigenvalue weighted by Crippen LogP contribution is -2.36. The maximum absolute atomic E-state index is 12.2. The third-order valence-electron chi connectivity index (χ3n) is 2.91. The van der Waals surface area contributed by atoms with E-state index in [9.17, 15) is 4.79 Å². The van der Waals surface area contributed by atoms with Crippen LogP contribution in [0.1, 0.15) is 9.67 Å². The van der Waals surface area contributed by atoms with Gasteiger partial charge in [-0.05, 0) is 11.4 Å². The van der Waals surface area contributed by atoms with Gasteiger partial charge in [0.15, 0.2) is 5.13 Å². The SMILES string of the molecule is Nc1nc(N2CCOCC2)sc1C(=O)Nc1ccsc1. The fraction of sp³-hybridized carbons (Fsp3) is 0.333. The molecule has 1 amide bonds. The Hall–Kier alpha value is -1.64. The van der Waals surface area contributed by atoms with Gasteiger partial charge < -0.3 is 20.7 Å². The lowest BCUT2D eigenvalue weighted by Gasteiger charge is -2.25. The fourth-order valence-corrected chi connectivity index (χ4v) is 3.42. The summed E-state index contributed by atoms with van der Waals surface area (Å²) < 4.78 is 5.30. The van der Waals surface area contributed by atoms with E-state index in [2.05, 4.69) is 15.2 Å². The molecule has 1 aliphatic heterocycles. The normalized spacial score (nSPS) is 15.3. The third-order valence-corrected chi connectivity index (χ3v) is 4.72. The molecule has 0 aliphatic carbocycles. The molecule has 0 saturated carbocycles. The highest BCUT2D eigenvalue weighted by Gasteiger charge is 2.21. The van der Waals surface area contributed by atoms with Gasteiger partial charge in [-0.3, -0.25) is 4.79 Å². The molecule has 2 aromatic heterocycles. The second-order valence-corrected chi connectivity index (χ2v) is 6.03. The van der Waals surface area contributed by atoms with Crippen LogP contribution in [0.25, 0.3) is 0 Å². The van der Waals surface area contributed by atoms with E-state index in [1.807, 2.05) is 16.8 Å². The number of ether oxygens (including phenoxy) is 1. The van der Waals surface area contributed by atoms with Gasteiger partial charge in [0.2, 0.25) is 0 Å². The van der Waals surface area contributed by atoms with Gasteiger partial charge in [0.25, 0.3) is 5.91 Å². The van der Waals surface area contributed by atoms with Crippen molar-refractivity contribution >= 4 is 45.2 Å². The Morgan fingerprint density at radius 2 is 2.25 bits per heavy atom. The van der Waals surface area contributed by atoms with Gasteiger partial charge in [0, 0.05) is 18.5 Å². The monoisotopic (exact) mass is 310 g/mol. The zero-order valence-corrected chi connectivity index (χ0v) is 12.3. The molecule has 6 nitrogen and oxygen atoms in total. The summed E-state index contributed by atoms with van der Waals surface area (Å²) in [4.78, 5) is 19.0. The predicted octanol–water partition coefficient (Wildman–Crippen LogP) is 1.88. The van der Waals surface area contributed by atoms with E-state index in [0.29, 0.717) is 18.1 Å². The van der Waals surface area contributed by atoms with Crippen LogP contribution in [0.15, 0.2) is 16.8 Å². The smallest absolute Gasteiger partial charge is 0.269 e. The summed E-state index contributed by atoms with van der Waals surface area (Å²) in [6, 6.07) is 1.85. The largest absolute Gasteiger partial charge is 0.382 e. The lowest BCUT2D eigenvalue weighted by molar-refractivity contribution is 0.103. The first-order valence-corrected chi connectivity index (χ1v) is 7.92. The molecule has 0 unspecified atom stereocenters. The summed E-state index contributed by atoms with van der Waals surface area (Å²) in [6.45, 7) is 2.91. The number of nitrogens with two attached hydrogens (primary N) is 1. The van der Waals surface area contributed by atoms with Gasteiger partial charge >= 0.3 is 0 Å². The molecule has 1 saturated heterocycles. The molecule has 3 heterocycles. The van der Waals surface area contributed by atoms with E-state index in [4.69, 9.17) is 10.5 Å². The molecule has 3 N–H and O–H groups in total. The van der Waals surface area contributed by atoms with Crippen LogP contribution in [0.2, 0.25) is 0 Å². The first-order valence-electron chi connectivity index (χ1n) is 6.16. The molecule has 0 atom stereocenters. The number of nitrogens with one attached hydrogen (secondary N) is 1. The number of rotatable bonds is 3. The Morgan fingerprint density at radius 1 is 1.45 bits per heavy atom. The summed E-state index contributed by atoms with van der Waals surface area (Å²) in [5.41, 5.74) is 6.64. The average Bonchev–Trinajstić information content (AvgIpc) is 3.09. The summed E-state index contributed by atoms with van der Waals surface area (Å²) in [6.07, 6.45) is 0. The number of nitrogen functional groups attached to an aromatic ring is 1. The second-order valence-electron chi connectivity index (χ2n) is 4.28. The molecule has 0 spiro atoms. The van der Waals surface area contributed by atoms with Gasteiger partial charge in [0.1, 0.15) is 10.7 Å². The molecular formula is C12H14N4O2S2. The molecule has 1 aliphatic rings. The van der Waals surface area contributed by atoms with E-state index in [-0.39, 0.29) is 11.7 Å². The van der Waals surface area contributed by atoms with Crippen molar-refractivity contribution in [3.05, 3.63) is 21.7 Å². The Kier molecular flexibility index (Phi) is 3.86. The molecule has 0 radical (unpaired) electrons. The number of carbonyl (C=O) groups excluding carboxylic acids is 1. The van der Waals surface area contributed by atoms with Crippen LogP contribution in [0.3, 0.4) is 0 Å². The van der Waals surface area contributed by atoms with Crippen LogP contribution in [-0.2, 0) is 4.74 Å². The standard InChI is InChI=1S/C12H14N4O2S2/c13-10-9(11(17)14-8-1-6-19-7-8)20-12(15-10)16-2-4-18-5-3-16/h1,6-7H,2-5,13H2,(H,14,17). The van der Waals surface area contributed by atoms with Gasteiger partial charge in [-0.1, -0.05) is 11.3 Å². The number of hydrogen-bond donors (Lipinski definition) is 2. The number of nitrogens with zero attached hydrogens (tertiary/aromatic N) is 2. The molecule has 106 valence electrons. The van der Waals surface area contributed by atoms with Crippen molar-refractivity contribution in [2.24, 2.45) is 0 Å². The minimum atomic E-state index is -0.210. The Labute approximate surface area is 124 Å². The van der Waals surface area contributed by atoms with Crippen LogP contribution in [-0.4, -0.2) is 37.2 Å². The van der Waals surface area contributed by atoms with Gasteiger partial charge in [-0.15, -0.1) is 0 Å². The maximum atomic E-state index is 12.2. The zero-order chi connectivity index (χ0) is 13.9. The molecule has 0 bridgehead atoms. The number of thiazole rings is 1. The maximum Gasteiger partial charge on any atom is 0.269 e. The topological polar surface area (TPSA) is 80.5 Å². The third kappa shape index (κ3) is 2.77. The molecule has 8 heteroatoms. The Balaban J connectivity index is 1.76. The van der Waals surface area contributed by atoms with Crippen LogP contribution >= 0.6 is 22.7 Å². The molecule has 20 heavy (non-hydrogen) atoms. The summed E-state index contributed by atoms with van der Waals surface area (Å²) >= 11 is 2.85. The Morgan fingerprint density at radius 3 is 2.95 bits per heavy atom. The van der Waals surface area contributed by atoms with Gasteiger partial charge in [-0.25, -0.2) is 4.98 Å². The van der Waals surface area contributed by atoms with E-state index in [1.165, 1.54) is 22.7 Å². The number of amides is 1. The second kappa shape index (κ2) is 5.78. The van der Waals surface area contributed by atoms with Crippen molar-refractivity contribution in [2.45, 2.75) is 0 Å². The highest BCUT2D eigenvalue weighted by Crippen LogP contribution is 2.29. The van der Waals surface area contributed by atoms with Crippen molar-refractivity contribution in [2.75, 3.05) is 42.3 Å². The number of aromatic nitrogens is 1. The first-order chi connectivity index (χ1) is 9.74. The number of thiophene rings is 1. The number of carbonyl (C=O) groups is 1. The summed E-state index contributed by atoms with van der Waals surface area (Å²) in [7, 11) is 0. The van der Waals surface area contributed by atoms with Crippen LogP contribution in [0, 0.1) is 0 Å². The Bertz CT molecular complexity index is 591. The van der Waals surface area contributed by atoms with Crippen molar-refractivity contribution in [3.63, 3.8) is 0 Å². The highest BCUT2D eigenvalue weighted by atomic mass is 32.1. The van der Waals surface area contributed by atoms with Crippen molar-refractivity contribution in [1.82, 2.24) is 4.98 Å². The predicted molar refractivity (Wildman–Crippen MR) is 81.8 cm³/mol. The van der Waals surface area contributed by atoms with Crippen molar-refractivity contribution in [3.8, 4) is 0 Å². The van der Waals surface area contributed by atoms with E-state index < -0.39 is 0 Å². The van der Waals surface area contributed by atoms with Crippen LogP contribution in [0.5, 0.6) is 0 Å². The highest BCUT2D eigenvalue weighted by molar-refractivity contribution is 7.18. The minimum absolute atomic E-state index is 0.210. The quantitative estimate of drug-likeness (QED) is 0.904. The fourth-order valence-electron chi connectivity index (χ4n) is 1.90. The van der Waals surface area contributed by atoms with Crippen molar-refractivity contribution in [1.29, 1.82) is 0 Å². The number of anilines is 3. The van der Waals surface area contributed by atoms with Gasteiger partial charge in [0.05, 0.1) is 18.9 Å². The number of morpholine rings is 1. The molecule has 3 rings (SSSR count). The lowest BCUT2D eigenvalue weighted by atomic mass is 10.4. The molecule has 1 fully saturated rings. The summed E-state index contributed by atoms with van der Waals surface area (Å²) in [5.74, 6) is 0.0714.